The van der Waals surface area contributed by atoms with Crippen LogP contribution >= 0.6 is 0 Å². The molecule has 1 aromatic carbocycles. The van der Waals surface area contributed by atoms with Gasteiger partial charge in [0.1, 0.15) is 11.9 Å². The molecule has 3 nitrogen and oxygen atoms in total. The van der Waals surface area contributed by atoms with E-state index < -0.39 is 29.6 Å². The number of carbonyl (C=O) groups is 1. The molecule has 0 bridgehead atoms. The molecule has 0 fully saturated rings. The molecular formula is C12H13F4NO2. The third-order valence-corrected chi connectivity index (χ3v) is 2.47. The Morgan fingerprint density at radius 2 is 2.05 bits per heavy atom. The first kappa shape index (κ1) is 15.4. The van der Waals surface area contributed by atoms with Crippen LogP contribution in [0.5, 0.6) is 0 Å². The van der Waals surface area contributed by atoms with Gasteiger partial charge in [-0.3, -0.25) is 0 Å². The predicted octanol–water partition coefficient (Wildman–Crippen LogP) is 2.67. The molecule has 1 rings (SSSR count). The number of rotatable bonds is 4. The summed E-state index contributed by atoms with van der Waals surface area (Å²) in [7, 11) is 1.13. The molecule has 0 aliphatic heterocycles. The van der Waals surface area contributed by atoms with Crippen molar-refractivity contribution in [1.29, 1.82) is 0 Å². The molecule has 0 aromatic heterocycles. The highest BCUT2D eigenvalue weighted by Gasteiger charge is 2.35. The van der Waals surface area contributed by atoms with Gasteiger partial charge in [-0.2, -0.15) is 13.2 Å². The van der Waals surface area contributed by atoms with E-state index in [0.717, 1.165) is 13.2 Å². The van der Waals surface area contributed by atoms with Crippen molar-refractivity contribution in [2.45, 2.75) is 19.1 Å². The summed E-state index contributed by atoms with van der Waals surface area (Å²) >= 11 is 0. The van der Waals surface area contributed by atoms with Crippen LogP contribution in [0, 0.1) is 5.82 Å². The molecule has 1 N–H and O–H groups in total. The van der Waals surface area contributed by atoms with Crippen LogP contribution < -0.4 is 5.32 Å². The van der Waals surface area contributed by atoms with Crippen LogP contribution in [0.25, 0.3) is 0 Å². The Labute approximate surface area is 107 Å². The van der Waals surface area contributed by atoms with Crippen LogP contribution in [0.4, 0.5) is 17.6 Å². The van der Waals surface area contributed by atoms with Crippen molar-refractivity contribution in [3.63, 3.8) is 0 Å². The van der Waals surface area contributed by atoms with Gasteiger partial charge in [-0.1, -0.05) is 13.0 Å². The standard InChI is InChI=1S/C12H13F4NO2/c1-3-17-10(11(18)19-2)7-4-5-9(13)8(6-7)12(14,15)16/h4-6,10,17H,3H2,1-2H3. The number of halogens is 4. The Hall–Kier alpha value is -1.63. The van der Waals surface area contributed by atoms with Crippen molar-refractivity contribution >= 4 is 5.97 Å². The monoisotopic (exact) mass is 279 g/mol. The number of hydrogen-bond acceptors (Lipinski definition) is 3. The van der Waals surface area contributed by atoms with Gasteiger partial charge in [0.2, 0.25) is 0 Å². The first-order valence-corrected chi connectivity index (χ1v) is 5.49. The van der Waals surface area contributed by atoms with Gasteiger partial charge in [-0.25, -0.2) is 9.18 Å². The average molecular weight is 279 g/mol. The van der Waals surface area contributed by atoms with E-state index in [4.69, 9.17) is 0 Å². The quantitative estimate of drug-likeness (QED) is 0.680. The summed E-state index contributed by atoms with van der Waals surface area (Å²) in [6.07, 6.45) is -4.81. The fourth-order valence-corrected chi connectivity index (χ4v) is 1.60. The first-order chi connectivity index (χ1) is 8.81. The molecule has 0 saturated carbocycles. The molecule has 0 aliphatic carbocycles. The van der Waals surface area contributed by atoms with Crippen molar-refractivity contribution in [2.24, 2.45) is 0 Å². The van der Waals surface area contributed by atoms with Crippen LogP contribution in [0.1, 0.15) is 24.1 Å². The van der Waals surface area contributed by atoms with E-state index in [1.54, 1.807) is 6.92 Å². The van der Waals surface area contributed by atoms with E-state index in [2.05, 4.69) is 10.1 Å². The number of hydrogen-bond donors (Lipinski definition) is 1. The van der Waals surface area contributed by atoms with Crippen molar-refractivity contribution in [2.75, 3.05) is 13.7 Å². The number of carbonyl (C=O) groups excluding carboxylic acids is 1. The number of ether oxygens (including phenoxy) is 1. The lowest BCUT2D eigenvalue weighted by Gasteiger charge is -2.17. The summed E-state index contributed by atoms with van der Waals surface area (Å²) < 4.78 is 55.4. The molecule has 0 radical (unpaired) electrons. The second-order valence-corrected chi connectivity index (χ2v) is 3.75. The van der Waals surface area contributed by atoms with Gasteiger partial charge in [0.25, 0.3) is 0 Å². The molecule has 1 unspecified atom stereocenters. The Bertz CT molecular complexity index is 460. The molecule has 7 heteroatoms. The zero-order valence-corrected chi connectivity index (χ0v) is 10.3. The molecule has 106 valence electrons. The van der Waals surface area contributed by atoms with E-state index in [1.807, 2.05) is 0 Å². The average Bonchev–Trinajstić information content (AvgIpc) is 2.34. The maximum atomic E-state index is 13.1. The molecular weight excluding hydrogens is 266 g/mol. The minimum atomic E-state index is -4.81. The van der Waals surface area contributed by atoms with Gasteiger partial charge < -0.3 is 10.1 Å². The fraction of sp³-hybridized carbons (Fsp3) is 0.417. The largest absolute Gasteiger partial charge is 0.468 e. The van der Waals surface area contributed by atoms with E-state index in [-0.39, 0.29) is 5.56 Å². The molecule has 1 aromatic rings. The predicted molar refractivity (Wildman–Crippen MR) is 59.8 cm³/mol. The van der Waals surface area contributed by atoms with Gasteiger partial charge in [-0.05, 0) is 24.2 Å². The minimum Gasteiger partial charge on any atom is -0.468 e. The smallest absolute Gasteiger partial charge is 0.419 e. The van der Waals surface area contributed by atoms with E-state index in [0.29, 0.717) is 18.7 Å². The number of alkyl halides is 3. The van der Waals surface area contributed by atoms with Crippen molar-refractivity contribution < 1.29 is 27.1 Å². The Kier molecular flexibility index (Phi) is 4.88. The van der Waals surface area contributed by atoms with Crippen LogP contribution in [-0.4, -0.2) is 19.6 Å². The van der Waals surface area contributed by atoms with E-state index >= 15 is 0 Å². The molecule has 19 heavy (non-hydrogen) atoms. The number of esters is 1. The van der Waals surface area contributed by atoms with Gasteiger partial charge in [0, 0.05) is 0 Å². The highest BCUT2D eigenvalue weighted by molar-refractivity contribution is 5.77. The summed E-state index contributed by atoms with van der Waals surface area (Å²) in [6.45, 7) is 2.03. The molecule has 0 spiro atoms. The lowest BCUT2D eigenvalue weighted by molar-refractivity contribution is -0.144. The second-order valence-electron chi connectivity index (χ2n) is 3.75. The maximum Gasteiger partial charge on any atom is 0.419 e. The molecule has 0 heterocycles. The van der Waals surface area contributed by atoms with E-state index in [1.165, 1.54) is 0 Å². The van der Waals surface area contributed by atoms with Crippen LogP contribution in [0.15, 0.2) is 18.2 Å². The van der Waals surface area contributed by atoms with Crippen LogP contribution in [0.2, 0.25) is 0 Å². The van der Waals surface area contributed by atoms with Gasteiger partial charge in [0.15, 0.2) is 0 Å². The number of likely N-dealkylation sites (N-methyl/N-ethyl adjacent to an activating group) is 1. The molecule has 0 aliphatic rings. The summed E-state index contributed by atoms with van der Waals surface area (Å²) in [5, 5.41) is 2.68. The Balaban J connectivity index is 3.22. The third-order valence-electron chi connectivity index (χ3n) is 2.47. The third kappa shape index (κ3) is 3.66. The summed E-state index contributed by atoms with van der Waals surface area (Å²) in [5.41, 5.74) is -1.40. The normalized spacial score (nSPS) is 13.2. The SMILES string of the molecule is CCNC(C(=O)OC)c1ccc(F)c(C(F)(F)F)c1. The van der Waals surface area contributed by atoms with Crippen molar-refractivity contribution in [3.05, 3.63) is 35.1 Å². The lowest BCUT2D eigenvalue weighted by Crippen LogP contribution is -2.29. The Morgan fingerprint density at radius 3 is 2.53 bits per heavy atom. The minimum absolute atomic E-state index is 0.00225. The zero-order valence-electron chi connectivity index (χ0n) is 10.3. The maximum absolute atomic E-state index is 13.1. The highest BCUT2D eigenvalue weighted by Crippen LogP contribution is 2.33. The summed E-state index contributed by atoms with van der Waals surface area (Å²) in [6, 6.07) is 1.36. The lowest BCUT2D eigenvalue weighted by atomic mass is 10.0. The highest BCUT2D eigenvalue weighted by atomic mass is 19.4. The number of nitrogens with one attached hydrogen (secondary N) is 1. The fourth-order valence-electron chi connectivity index (χ4n) is 1.60. The summed E-state index contributed by atoms with van der Waals surface area (Å²) in [4.78, 5) is 11.5. The van der Waals surface area contributed by atoms with Crippen molar-refractivity contribution in [3.8, 4) is 0 Å². The zero-order chi connectivity index (χ0) is 14.6. The van der Waals surface area contributed by atoms with Crippen LogP contribution in [0.3, 0.4) is 0 Å². The summed E-state index contributed by atoms with van der Waals surface area (Å²) in [5.74, 6) is -2.11. The number of methoxy groups -OCH3 is 1. The van der Waals surface area contributed by atoms with Gasteiger partial charge in [0.05, 0.1) is 12.7 Å². The molecule has 1 atom stereocenters. The topological polar surface area (TPSA) is 38.3 Å². The molecule has 0 amide bonds. The Morgan fingerprint density at radius 1 is 1.42 bits per heavy atom. The van der Waals surface area contributed by atoms with Gasteiger partial charge >= 0.3 is 12.1 Å². The number of benzene rings is 1. The van der Waals surface area contributed by atoms with Crippen molar-refractivity contribution in [1.82, 2.24) is 5.32 Å². The van der Waals surface area contributed by atoms with Gasteiger partial charge in [-0.15, -0.1) is 0 Å². The van der Waals surface area contributed by atoms with E-state index in [9.17, 15) is 22.4 Å². The molecule has 0 saturated heterocycles. The second kappa shape index (κ2) is 6.01. The van der Waals surface area contributed by atoms with Crippen LogP contribution in [-0.2, 0) is 15.7 Å². The first-order valence-electron chi connectivity index (χ1n) is 5.49.